The van der Waals surface area contributed by atoms with E-state index in [4.69, 9.17) is 73.0 Å². The summed E-state index contributed by atoms with van der Waals surface area (Å²) in [7, 11) is 9.05. The predicted octanol–water partition coefficient (Wildman–Crippen LogP) is 9.85. The van der Waals surface area contributed by atoms with Crippen LogP contribution in [0.5, 0.6) is 23.0 Å². The van der Waals surface area contributed by atoms with Crippen LogP contribution in [0.15, 0.2) is 84.9 Å². The van der Waals surface area contributed by atoms with Gasteiger partial charge < -0.3 is 73.0 Å². The van der Waals surface area contributed by atoms with E-state index in [1.54, 1.807) is 80.0 Å². The van der Waals surface area contributed by atoms with E-state index in [2.05, 4.69) is 0 Å². The molecule has 19 nitrogen and oxygen atoms in total. The predicted molar refractivity (Wildman–Crippen MR) is 328 cm³/mol. The van der Waals surface area contributed by atoms with E-state index in [1.165, 1.54) is 35.5 Å². The van der Waals surface area contributed by atoms with Gasteiger partial charge in [-0.25, -0.2) is 19.2 Å². The third kappa shape index (κ3) is 22.8. The van der Waals surface area contributed by atoms with Gasteiger partial charge >= 0.3 is 23.9 Å². The summed E-state index contributed by atoms with van der Waals surface area (Å²) in [5.41, 5.74) is 15.9. The molecule has 85 heavy (non-hydrogen) atoms. The highest BCUT2D eigenvalue weighted by Gasteiger charge is 2.23. The molecule has 0 unspecified atom stereocenters. The fraction of sp³-hybridized carbons (Fsp3) is 0.364. The van der Waals surface area contributed by atoms with Crippen LogP contribution in [0.3, 0.4) is 0 Å². The molecule has 0 radical (unpaired) electrons. The molecular formula is C66H80N2O17. The zero-order valence-corrected chi connectivity index (χ0v) is 49.5. The highest BCUT2D eigenvalue weighted by Crippen LogP contribution is 2.34. The van der Waals surface area contributed by atoms with Crippen LogP contribution in [0.1, 0.15) is 112 Å². The Balaban J connectivity index is 1.62. The second-order valence-electron chi connectivity index (χ2n) is 18.7. The molecule has 0 heterocycles. The molecule has 0 aromatic heterocycles. The van der Waals surface area contributed by atoms with Crippen LogP contribution in [0.4, 0.5) is 0 Å². The molecule has 19 heteroatoms. The number of rotatable bonds is 39. The van der Waals surface area contributed by atoms with Crippen molar-refractivity contribution in [3.63, 3.8) is 0 Å². The second kappa shape index (κ2) is 38.7. The lowest BCUT2D eigenvalue weighted by Gasteiger charge is -2.15. The van der Waals surface area contributed by atoms with Crippen molar-refractivity contribution in [1.82, 2.24) is 0 Å². The van der Waals surface area contributed by atoms with E-state index in [9.17, 15) is 19.2 Å². The molecule has 0 spiro atoms. The first-order chi connectivity index (χ1) is 41.5. The molecule has 0 aliphatic rings. The molecule has 0 fully saturated rings. The Morgan fingerprint density at radius 1 is 0.329 bits per heavy atom. The number of nitrogens with two attached hydrogens (primary N) is 2. The quantitative estimate of drug-likeness (QED) is 0.0161. The van der Waals surface area contributed by atoms with Crippen molar-refractivity contribution >= 4 is 72.5 Å². The molecular weight excluding hydrogens is 1090 g/mol. The smallest absolute Gasteiger partial charge is 0.338 e. The summed E-state index contributed by atoms with van der Waals surface area (Å²) >= 11 is 0. The maximum atomic E-state index is 14.0. The molecule has 0 bridgehead atoms. The average molecular weight is 1170 g/mol. The Labute approximate surface area is 498 Å². The second-order valence-corrected chi connectivity index (χ2v) is 18.7. The van der Waals surface area contributed by atoms with Gasteiger partial charge in [-0.1, -0.05) is 72.9 Å². The Bertz CT molecular complexity index is 3010. The van der Waals surface area contributed by atoms with Crippen LogP contribution < -0.4 is 30.4 Å². The van der Waals surface area contributed by atoms with Crippen LogP contribution in [0, 0.1) is 0 Å². The Morgan fingerprint density at radius 3 is 0.965 bits per heavy atom. The Morgan fingerprint density at radius 2 is 0.635 bits per heavy atom. The molecule has 0 atom stereocenters. The molecule has 5 aromatic rings. The van der Waals surface area contributed by atoms with Crippen LogP contribution in [0.25, 0.3) is 48.6 Å². The highest BCUT2D eigenvalue weighted by atomic mass is 16.6. The minimum absolute atomic E-state index is 0.0185. The van der Waals surface area contributed by atoms with Gasteiger partial charge in [-0.2, -0.15) is 0 Å². The molecule has 4 N–H and O–H groups in total. The van der Waals surface area contributed by atoms with E-state index < -0.39 is 23.9 Å². The topological polar surface area (TPSA) is 240 Å². The molecule has 0 aliphatic heterocycles. The first kappa shape index (κ1) is 67.6. The molecule has 456 valence electrons. The number of hydrogen-bond donors (Lipinski definition) is 2. The number of carbonyl (C=O) groups is 4. The average Bonchev–Trinajstić information content (AvgIpc) is 3.49. The lowest BCUT2D eigenvalue weighted by molar-refractivity contribution is 0.0375. The van der Waals surface area contributed by atoms with Gasteiger partial charge in [-0.05, 0) is 133 Å². The first-order valence-electron chi connectivity index (χ1n) is 27.9. The number of benzene rings is 5. The minimum Gasteiger partial charge on any atom is -0.496 e. The van der Waals surface area contributed by atoms with Crippen LogP contribution >= 0.6 is 0 Å². The van der Waals surface area contributed by atoms with Crippen molar-refractivity contribution in [3.8, 4) is 23.0 Å². The normalized spacial score (nSPS) is 11.4. The molecule has 0 aliphatic carbocycles. The van der Waals surface area contributed by atoms with Crippen LogP contribution in [-0.4, -0.2) is 159 Å². The lowest BCUT2D eigenvalue weighted by atomic mass is 9.95. The molecule has 5 aromatic carbocycles. The number of carbonyl (C=O) groups excluding carboxylic acids is 4. The number of hydrogen-bond acceptors (Lipinski definition) is 19. The number of ether oxygens (including phenoxy) is 13. The van der Waals surface area contributed by atoms with Gasteiger partial charge in [-0.15, -0.1) is 0 Å². The van der Waals surface area contributed by atoms with Crippen molar-refractivity contribution < 1.29 is 80.8 Å². The maximum Gasteiger partial charge on any atom is 0.338 e. The SMILES string of the molecule is COCCOC(=O)c1cc(/C=C/c2cc(OCCOC)c(/C=C/c3cc(C(=O)OCCOC)c(/C=C/c4ccc(OCCCCN)cc4)cc3C(=O)OCCOC)cc2OC)c(C(=O)OCCOC)cc1/C=C/c1ccc(OCCCCN)cc1. The summed E-state index contributed by atoms with van der Waals surface area (Å²) < 4.78 is 72.5. The van der Waals surface area contributed by atoms with E-state index in [-0.39, 0.29) is 88.3 Å². The Kier molecular flexibility index (Phi) is 30.8. The first-order valence-corrected chi connectivity index (χ1v) is 27.9. The third-order valence-electron chi connectivity index (χ3n) is 12.6. The van der Waals surface area contributed by atoms with Gasteiger partial charge in [0.05, 0.1) is 75.6 Å². The standard InChI is InChI=1S/C66H80N2O17/c1-73-31-36-81-62-46-53(21-19-51-43-57(63(69)82-37-32-74-2)49(41-59(51)65(71)84-39-34-76-4)17-11-47-13-23-55(24-14-47)79-29-9-7-27-67)61(78-6)45-54(62)22-20-52-44-58(64(70)83-38-33-75-3)50(42-60(52)66(72)85-40-35-77-5)18-12-48-15-25-56(26-16-48)80-30-10-8-28-68/h11-26,41-46H,7-10,27-40,67-68H2,1-6H3/b17-11+,18-12+,21-19+,22-20+. The zero-order valence-electron chi connectivity index (χ0n) is 49.5. The molecule has 5 rings (SSSR count). The van der Waals surface area contributed by atoms with Crippen molar-refractivity contribution in [2.75, 3.05) is 135 Å². The van der Waals surface area contributed by atoms with Crippen molar-refractivity contribution in [1.29, 1.82) is 0 Å². The summed E-state index contributed by atoms with van der Waals surface area (Å²) in [6.07, 6.45) is 17.2. The fourth-order valence-corrected chi connectivity index (χ4v) is 8.05. The third-order valence-corrected chi connectivity index (χ3v) is 12.6. The van der Waals surface area contributed by atoms with Gasteiger partial charge in [0.15, 0.2) is 0 Å². The van der Waals surface area contributed by atoms with E-state index in [0.29, 0.717) is 82.7 Å². The summed E-state index contributed by atoms with van der Waals surface area (Å²) in [5.74, 6) is -0.477. The summed E-state index contributed by atoms with van der Waals surface area (Å²) in [5, 5.41) is 0. The van der Waals surface area contributed by atoms with Crippen molar-refractivity contribution in [2.24, 2.45) is 11.5 Å². The number of esters is 4. The largest absolute Gasteiger partial charge is 0.496 e. The molecule has 0 amide bonds. The molecule has 0 saturated heterocycles. The van der Waals surface area contributed by atoms with Crippen LogP contribution in [-0.2, 0) is 42.6 Å². The van der Waals surface area contributed by atoms with Gasteiger partial charge in [0.25, 0.3) is 0 Å². The van der Waals surface area contributed by atoms with Gasteiger partial charge in [0, 0.05) is 46.7 Å². The van der Waals surface area contributed by atoms with Crippen molar-refractivity contribution in [3.05, 3.63) is 152 Å². The minimum atomic E-state index is -0.667. The van der Waals surface area contributed by atoms with Gasteiger partial charge in [0.1, 0.15) is 56.0 Å². The summed E-state index contributed by atoms with van der Waals surface area (Å²) in [4.78, 5) is 55.8. The summed E-state index contributed by atoms with van der Waals surface area (Å²) in [6, 6.07) is 24.7. The lowest BCUT2D eigenvalue weighted by Crippen LogP contribution is -2.15. The summed E-state index contributed by atoms with van der Waals surface area (Å²) in [6.45, 7) is 3.18. The maximum absolute atomic E-state index is 14.0. The Hall–Kier alpha value is -8.14. The fourth-order valence-electron chi connectivity index (χ4n) is 8.05. The van der Waals surface area contributed by atoms with E-state index in [1.807, 2.05) is 60.7 Å². The van der Waals surface area contributed by atoms with Crippen LogP contribution in [0.2, 0.25) is 0 Å². The van der Waals surface area contributed by atoms with Crippen molar-refractivity contribution in [2.45, 2.75) is 25.7 Å². The van der Waals surface area contributed by atoms with Gasteiger partial charge in [0.2, 0.25) is 0 Å². The number of methoxy groups -OCH3 is 6. The zero-order chi connectivity index (χ0) is 61.0. The highest BCUT2D eigenvalue weighted by molar-refractivity contribution is 6.03. The van der Waals surface area contributed by atoms with E-state index in [0.717, 1.165) is 36.8 Å². The van der Waals surface area contributed by atoms with E-state index >= 15 is 0 Å². The number of unbranched alkanes of at least 4 members (excludes halogenated alkanes) is 2. The molecule has 0 saturated carbocycles. The monoisotopic (exact) mass is 1170 g/mol. The van der Waals surface area contributed by atoms with Gasteiger partial charge in [-0.3, -0.25) is 0 Å².